The first-order valence-corrected chi connectivity index (χ1v) is 9.44. The maximum absolute atomic E-state index is 12.4. The molecule has 7 heteroatoms. The minimum atomic E-state index is -0.593. The lowest BCUT2D eigenvalue weighted by molar-refractivity contribution is -0.145. The Morgan fingerprint density at radius 3 is 2.57 bits per heavy atom. The molecule has 0 unspecified atom stereocenters. The van der Waals surface area contributed by atoms with Gasteiger partial charge >= 0.3 is 5.97 Å². The maximum atomic E-state index is 12.4. The van der Waals surface area contributed by atoms with Crippen molar-refractivity contribution in [3.8, 4) is 0 Å². The van der Waals surface area contributed by atoms with Gasteiger partial charge in [-0.1, -0.05) is 23.2 Å². The van der Waals surface area contributed by atoms with Gasteiger partial charge in [-0.15, -0.1) is 0 Å². The largest absolute Gasteiger partial charge is 0.467 e. The fraction of sp³-hybridized carbons (Fsp3) is 0.500. The number of hydrogen-bond acceptors (Lipinski definition) is 4. The number of esters is 1. The van der Waals surface area contributed by atoms with Crippen LogP contribution < -0.4 is 5.32 Å². The van der Waals surface area contributed by atoms with Crippen LogP contribution in [0.5, 0.6) is 0 Å². The van der Waals surface area contributed by atoms with E-state index < -0.39 is 12.0 Å². The van der Waals surface area contributed by atoms with Crippen molar-refractivity contribution in [2.75, 3.05) is 19.1 Å². The number of carbonyl (C=O) groups excluding carboxylic acids is 2. The lowest BCUT2D eigenvalue weighted by Crippen LogP contribution is -2.42. The zero-order valence-corrected chi connectivity index (χ0v) is 15.3. The molecule has 0 aromatic heterocycles. The van der Waals surface area contributed by atoms with Gasteiger partial charge in [-0.05, 0) is 54.5 Å². The van der Waals surface area contributed by atoms with Crippen LogP contribution in [0, 0.1) is 5.92 Å². The van der Waals surface area contributed by atoms with Crippen molar-refractivity contribution in [1.29, 1.82) is 0 Å². The van der Waals surface area contributed by atoms with Crippen molar-refractivity contribution < 1.29 is 14.3 Å². The van der Waals surface area contributed by atoms with Crippen LogP contribution in [-0.2, 0) is 14.3 Å². The van der Waals surface area contributed by atoms with E-state index in [4.69, 9.17) is 27.9 Å². The molecule has 0 saturated heterocycles. The Hall–Kier alpha value is -0.910. The molecule has 126 valence electrons. The summed E-state index contributed by atoms with van der Waals surface area (Å²) >= 11 is 13.6. The summed E-state index contributed by atoms with van der Waals surface area (Å²) in [7, 11) is 1.33. The quantitative estimate of drug-likeness (QED) is 0.740. The van der Waals surface area contributed by atoms with Crippen molar-refractivity contribution >= 4 is 46.8 Å². The summed E-state index contributed by atoms with van der Waals surface area (Å²) in [6.07, 6.45) is 3.24. The zero-order valence-electron chi connectivity index (χ0n) is 13.0. The Labute approximate surface area is 150 Å². The number of thioether (sulfide) groups is 1. The molecule has 23 heavy (non-hydrogen) atoms. The highest BCUT2D eigenvalue weighted by Crippen LogP contribution is 2.48. The Bertz CT molecular complexity index is 576. The highest BCUT2D eigenvalue weighted by Gasteiger charge is 2.45. The zero-order chi connectivity index (χ0) is 17.0. The summed E-state index contributed by atoms with van der Waals surface area (Å²) in [5.74, 6) is 0.201. The third-order valence-corrected chi connectivity index (χ3v) is 4.93. The molecule has 1 fully saturated rings. The molecule has 0 bridgehead atoms. The van der Waals surface area contributed by atoms with Gasteiger partial charge in [-0.2, -0.15) is 11.8 Å². The predicted octanol–water partition coefficient (Wildman–Crippen LogP) is 3.51. The molecule has 4 nitrogen and oxygen atoms in total. The number of rotatable bonds is 7. The van der Waals surface area contributed by atoms with Crippen LogP contribution in [0.3, 0.4) is 0 Å². The molecule has 3 atom stereocenters. The van der Waals surface area contributed by atoms with Gasteiger partial charge < -0.3 is 10.1 Å². The van der Waals surface area contributed by atoms with Gasteiger partial charge in [0.25, 0.3) is 0 Å². The molecule has 0 aliphatic heterocycles. The number of amides is 1. The van der Waals surface area contributed by atoms with Crippen molar-refractivity contribution in [1.82, 2.24) is 5.32 Å². The first kappa shape index (κ1) is 18.4. The molecule has 1 aromatic rings. The number of nitrogens with one attached hydrogen (secondary N) is 1. The third kappa shape index (κ3) is 5.03. The number of carbonyl (C=O) groups is 2. The second kappa shape index (κ2) is 8.27. The Kier molecular flexibility index (Phi) is 6.62. The molecule has 1 aromatic carbocycles. The van der Waals surface area contributed by atoms with E-state index in [0.717, 1.165) is 17.7 Å². The standard InChI is InChI=1S/C16H19Cl2NO3S/c1-22-16(21)14(3-4-23-2)19-15(20)13-8-12(13)9-5-10(17)7-11(18)6-9/h5-7,12-14H,3-4,8H2,1-2H3,(H,19,20)/t12-,13-,14+/m1/s1. The van der Waals surface area contributed by atoms with Crippen LogP contribution in [0.15, 0.2) is 18.2 Å². The van der Waals surface area contributed by atoms with Crippen LogP contribution in [-0.4, -0.2) is 37.0 Å². The maximum Gasteiger partial charge on any atom is 0.328 e. The van der Waals surface area contributed by atoms with E-state index >= 15 is 0 Å². The Balaban J connectivity index is 1.97. The average Bonchev–Trinajstić information content (AvgIpc) is 3.30. The average molecular weight is 376 g/mol. The van der Waals surface area contributed by atoms with E-state index in [0.29, 0.717) is 16.5 Å². The smallest absolute Gasteiger partial charge is 0.328 e. The van der Waals surface area contributed by atoms with Gasteiger partial charge in [-0.3, -0.25) is 4.79 Å². The first-order valence-electron chi connectivity index (χ1n) is 7.29. The van der Waals surface area contributed by atoms with Gasteiger partial charge in [0.05, 0.1) is 7.11 Å². The second-order valence-electron chi connectivity index (χ2n) is 5.52. The fourth-order valence-corrected chi connectivity index (χ4v) is 3.56. The molecule has 1 aliphatic carbocycles. The van der Waals surface area contributed by atoms with Gasteiger partial charge in [0.15, 0.2) is 0 Å². The monoisotopic (exact) mass is 375 g/mol. The molecule has 0 heterocycles. The van der Waals surface area contributed by atoms with Crippen molar-refractivity contribution in [2.45, 2.75) is 24.8 Å². The van der Waals surface area contributed by atoms with E-state index in [-0.39, 0.29) is 17.7 Å². The van der Waals surface area contributed by atoms with Crippen LogP contribution in [0.4, 0.5) is 0 Å². The van der Waals surface area contributed by atoms with E-state index in [2.05, 4.69) is 5.32 Å². The number of halogens is 2. The molecule has 1 aliphatic rings. The van der Waals surface area contributed by atoms with Crippen molar-refractivity contribution in [3.05, 3.63) is 33.8 Å². The summed E-state index contributed by atoms with van der Waals surface area (Å²) < 4.78 is 4.76. The minimum Gasteiger partial charge on any atom is -0.467 e. The number of benzene rings is 1. The second-order valence-corrected chi connectivity index (χ2v) is 7.38. The summed E-state index contributed by atoms with van der Waals surface area (Å²) in [6, 6.07) is 4.73. The number of ether oxygens (including phenoxy) is 1. The molecule has 1 amide bonds. The van der Waals surface area contributed by atoms with Crippen LogP contribution in [0.25, 0.3) is 0 Å². The van der Waals surface area contributed by atoms with Crippen molar-refractivity contribution in [3.63, 3.8) is 0 Å². The van der Waals surface area contributed by atoms with E-state index in [1.807, 2.05) is 18.4 Å². The van der Waals surface area contributed by atoms with Crippen LogP contribution in [0.2, 0.25) is 10.0 Å². The minimum absolute atomic E-state index is 0.102. The van der Waals surface area contributed by atoms with Crippen LogP contribution >= 0.6 is 35.0 Å². The third-order valence-electron chi connectivity index (χ3n) is 3.85. The molecule has 0 spiro atoms. The molecule has 2 rings (SSSR count). The molecular formula is C16H19Cl2NO3S. The summed E-state index contributed by atoms with van der Waals surface area (Å²) in [5, 5.41) is 3.92. The molecular weight excluding hydrogens is 357 g/mol. The first-order chi connectivity index (χ1) is 11.0. The fourth-order valence-electron chi connectivity index (χ4n) is 2.55. The van der Waals surface area contributed by atoms with Gasteiger partial charge in [0.2, 0.25) is 5.91 Å². The van der Waals surface area contributed by atoms with Gasteiger partial charge in [0, 0.05) is 16.0 Å². The number of hydrogen-bond donors (Lipinski definition) is 1. The topological polar surface area (TPSA) is 55.4 Å². The van der Waals surface area contributed by atoms with Crippen LogP contribution in [0.1, 0.15) is 24.3 Å². The normalized spacial score (nSPS) is 20.7. The van der Waals surface area contributed by atoms with Crippen molar-refractivity contribution in [2.24, 2.45) is 5.92 Å². The highest BCUT2D eigenvalue weighted by molar-refractivity contribution is 7.98. The lowest BCUT2D eigenvalue weighted by atomic mass is 10.1. The number of methoxy groups -OCH3 is 1. The predicted molar refractivity (Wildman–Crippen MR) is 94.3 cm³/mol. The summed E-state index contributed by atoms with van der Waals surface area (Å²) in [5.41, 5.74) is 0.960. The van der Waals surface area contributed by atoms with E-state index in [9.17, 15) is 9.59 Å². The summed E-state index contributed by atoms with van der Waals surface area (Å²) in [4.78, 5) is 24.1. The molecule has 1 N–H and O–H groups in total. The van der Waals surface area contributed by atoms with E-state index in [1.165, 1.54) is 7.11 Å². The molecule has 1 saturated carbocycles. The Morgan fingerprint density at radius 2 is 2.00 bits per heavy atom. The highest BCUT2D eigenvalue weighted by atomic mass is 35.5. The lowest BCUT2D eigenvalue weighted by Gasteiger charge is -2.16. The summed E-state index contributed by atoms with van der Waals surface area (Å²) in [6.45, 7) is 0. The Morgan fingerprint density at radius 1 is 1.35 bits per heavy atom. The van der Waals surface area contributed by atoms with Gasteiger partial charge in [-0.25, -0.2) is 4.79 Å². The van der Waals surface area contributed by atoms with Gasteiger partial charge in [0.1, 0.15) is 6.04 Å². The molecule has 0 radical (unpaired) electrons. The van der Waals surface area contributed by atoms with E-state index in [1.54, 1.807) is 17.8 Å². The SMILES string of the molecule is COC(=O)[C@H](CCSC)NC(=O)[C@@H]1C[C@@H]1c1cc(Cl)cc(Cl)c1.